The van der Waals surface area contributed by atoms with Gasteiger partial charge in [-0.25, -0.2) is 0 Å². The molecule has 0 spiro atoms. The van der Waals surface area contributed by atoms with Crippen LogP contribution in [0.5, 0.6) is 0 Å². The Morgan fingerprint density at radius 1 is 1.13 bits per heavy atom. The van der Waals surface area contributed by atoms with E-state index in [9.17, 15) is 0 Å². The molecule has 0 heterocycles. The fourth-order valence-corrected chi connectivity index (χ4v) is 2.74. The first kappa shape index (κ1) is 11.1. The Kier molecular flexibility index (Phi) is 3.39. The Hall–Kier alpha value is -0.443. The van der Waals surface area contributed by atoms with Crippen molar-refractivity contribution in [3.63, 3.8) is 0 Å². The van der Waals surface area contributed by atoms with Gasteiger partial charge in [0.2, 0.25) is 0 Å². The van der Waals surface area contributed by atoms with Crippen LogP contribution in [0.15, 0.2) is 47.6 Å². The first-order chi connectivity index (χ1) is 7.27. The van der Waals surface area contributed by atoms with E-state index in [0.717, 1.165) is 12.8 Å². The van der Waals surface area contributed by atoms with Gasteiger partial charge in [-0.05, 0) is 0 Å². The zero-order valence-corrected chi connectivity index (χ0v) is 9.79. The molecule has 0 unspecified atom stereocenters. The number of allylic oxidation sites excluding steroid dienone is 8. The SMILES string of the molecule is [Li][C](CCC)(C1=CC=CC1)C1=CC=CC1. The third-order valence-corrected chi connectivity index (χ3v) is 3.71. The summed E-state index contributed by atoms with van der Waals surface area (Å²) in [5, 5.41) is 0. The number of rotatable bonds is 4. The molecule has 0 atom stereocenters. The Balaban J connectivity index is 2.23. The van der Waals surface area contributed by atoms with Crippen LogP contribution in [0.4, 0.5) is 0 Å². The van der Waals surface area contributed by atoms with E-state index < -0.39 is 0 Å². The van der Waals surface area contributed by atoms with E-state index in [0.29, 0.717) is 4.09 Å². The summed E-state index contributed by atoms with van der Waals surface area (Å²) < 4.78 is 0.307. The van der Waals surface area contributed by atoms with Crippen molar-refractivity contribution < 1.29 is 0 Å². The van der Waals surface area contributed by atoms with Crippen molar-refractivity contribution in [2.24, 2.45) is 0 Å². The van der Waals surface area contributed by atoms with Crippen molar-refractivity contribution in [3.8, 4) is 0 Å². The first-order valence-corrected chi connectivity index (χ1v) is 5.99. The number of hydrogen-bond donors (Lipinski definition) is 0. The van der Waals surface area contributed by atoms with Gasteiger partial charge < -0.3 is 0 Å². The van der Waals surface area contributed by atoms with Gasteiger partial charge in [-0.2, -0.15) is 0 Å². The maximum atomic E-state index is 2.41. The van der Waals surface area contributed by atoms with Crippen LogP contribution in [-0.4, -0.2) is 17.7 Å². The molecule has 74 valence electrons. The van der Waals surface area contributed by atoms with Crippen molar-refractivity contribution >= 4 is 17.7 Å². The summed E-state index contributed by atoms with van der Waals surface area (Å²) in [5.41, 5.74) is 3.19. The zero-order chi connectivity index (χ0) is 10.7. The van der Waals surface area contributed by atoms with Gasteiger partial charge in [-0.15, -0.1) is 0 Å². The molecule has 0 nitrogen and oxygen atoms in total. The molecule has 0 radical (unpaired) electrons. The molecule has 2 aliphatic carbocycles. The van der Waals surface area contributed by atoms with Crippen LogP contribution in [0.3, 0.4) is 0 Å². The molecule has 0 N–H and O–H groups in total. The van der Waals surface area contributed by atoms with Crippen LogP contribution < -0.4 is 0 Å². The molecule has 2 rings (SSSR count). The molecular weight excluding hydrogens is 175 g/mol. The second-order valence-corrected chi connectivity index (χ2v) is 4.73. The van der Waals surface area contributed by atoms with Crippen LogP contribution in [0, 0.1) is 0 Å². The van der Waals surface area contributed by atoms with E-state index >= 15 is 0 Å². The normalized spacial score (nSPS) is 19.7. The van der Waals surface area contributed by atoms with Crippen molar-refractivity contribution in [2.75, 3.05) is 0 Å². The van der Waals surface area contributed by atoms with Gasteiger partial charge in [0.1, 0.15) is 0 Å². The van der Waals surface area contributed by atoms with Crippen molar-refractivity contribution in [2.45, 2.75) is 36.7 Å². The molecule has 0 aromatic carbocycles. The third kappa shape index (κ3) is 2.07. The summed E-state index contributed by atoms with van der Waals surface area (Å²) in [6, 6.07) is 0. The summed E-state index contributed by atoms with van der Waals surface area (Å²) in [4.78, 5) is 0. The predicted molar refractivity (Wildman–Crippen MR) is 67.0 cm³/mol. The fourth-order valence-electron chi connectivity index (χ4n) is 2.74. The van der Waals surface area contributed by atoms with Crippen LogP contribution in [0.2, 0.25) is 4.09 Å². The van der Waals surface area contributed by atoms with Crippen LogP contribution in [0.1, 0.15) is 32.6 Å². The topological polar surface area (TPSA) is 0 Å². The van der Waals surface area contributed by atoms with Gasteiger partial charge in [-0.1, -0.05) is 0 Å². The van der Waals surface area contributed by atoms with Gasteiger partial charge in [0.25, 0.3) is 0 Å². The molecule has 0 saturated carbocycles. The second-order valence-electron chi connectivity index (χ2n) is 4.73. The van der Waals surface area contributed by atoms with Crippen molar-refractivity contribution in [1.29, 1.82) is 0 Å². The molecule has 2 aliphatic rings. The van der Waals surface area contributed by atoms with Crippen molar-refractivity contribution in [3.05, 3.63) is 47.6 Å². The Labute approximate surface area is 102 Å². The minimum absolute atomic E-state index is 0.307. The van der Waals surface area contributed by atoms with E-state index in [1.165, 1.54) is 12.8 Å². The minimum atomic E-state index is 0.307. The molecule has 0 aliphatic heterocycles. The molecule has 0 aromatic heterocycles. The Morgan fingerprint density at radius 3 is 2.00 bits per heavy atom. The Morgan fingerprint density at radius 2 is 1.67 bits per heavy atom. The van der Waals surface area contributed by atoms with Gasteiger partial charge >= 0.3 is 102 Å². The summed E-state index contributed by atoms with van der Waals surface area (Å²) >= 11 is 2.41. The van der Waals surface area contributed by atoms with E-state index in [-0.39, 0.29) is 0 Å². The molecule has 0 amide bonds. The van der Waals surface area contributed by atoms with E-state index in [2.05, 4.69) is 61.1 Å². The van der Waals surface area contributed by atoms with Gasteiger partial charge in [-0.3, -0.25) is 0 Å². The maximum absolute atomic E-state index is 2.41. The average Bonchev–Trinajstić information content (AvgIpc) is 2.92. The van der Waals surface area contributed by atoms with Gasteiger partial charge in [0.15, 0.2) is 0 Å². The summed E-state index contributed by atoms with van der Waals surface area (Å²) in [6.07, 6.45) is 18.4. The van der Waals surface area contributed by atoms with Gasteiger partial charge in [0, 0.05) is 0 Å². The molecule has 0 saturated heterocycles. The molecular formula is C14H17Li. The molecule has 0 fully saturated rings. The monoisotopic (exact) mass is 192 g/mol. The molecule has 15 heavy (non-hydrogen) atoms. The summed E-state index contributed by atoms with van der Waals surface area (Å²) in [7, 11) is 0. The predicted octanol–water partition coefficient (Wildman–Crippen LogP) is 3.89. The molecule has 0 bridgehead atoms. The van der Waals surface area contributed by atoms with Gasteiger partial charge in [0.05, 0.1) is 0 Å². The third-order valence-electron chi connectivity index (χ3n) is 3.71. The van der Waals surface area contributed by atoms with E-state index in [1.54, 1.807) is 11.1 Å². The van der Waals surface area contributed by atoms with Crippen LogP contribution >= 0.6 is 0 Å². The van der Waals surface area contributed by atoms with Crippen molar-refractivity contribution in [1.82, 2.24) is 0 Å². The second kappa shape index (κ2) is 4.60. The first-order valence-electron chi connectivity index (χ1n) is 5.99. The summed E-state index contributed by atoms with van der Waals surface area (Å²) in [6.45, 7) is 2.28. The van der Waals surface area contributed by atoms with Crippen LogP contribution in [0.25, 0.3) is 0 Å². The molecule has 0 aromatic rings. The van der Waals surface area contributed by atoms with E-state index in [4.69, 9.17) is 0 Å². The average molecular weight is 192 g/mol. The quantitative estimate of drug-likeness (QED) is 0.593. The zero-order valence-electron chi connectivity index (χ0n) is 9.79. The van der Waals surface area contributed by atoms with Crippen LogP contribution in [-0.2, 0) is 0 Å². The Bertz CT molecular complexity index is 326. The standard InChI is InChI=1S/C14H17.Li/c1-2-7-14(12-8-3-4-9-12)13-10-5-6-11-13;/h3-6,8,10H,2,7,9,11H2,1H3;. The fraction of sp³-hybridized carbons (Fsp3) is 0.429. The molecule has 1 heteroatoms. The number of hydrogen-bond acceptors (Lipinski definition) is 0. The van der Waals surface area contributed by atoms with E-state index in [1.807, 2.05) is 0 Å². The summed E-state index contributed by atoms with van der Waals surface area (Å²) in [5.74, 6) is 0.